The Morgan fingerprint density at radius 1 is 1.17 bits per heavy atom. The summed E-state index contributed by atoms with van der Waals surface area (Å²) in [5.41, 5.74) is 2.83. The molecule has 0 spiro atoms. The number of furan rings is 1. The first-order valence-corrected chi connectivity index (χ1v) is 8.21. The number of rotatable bonds is 3. The molecule has 1 aromatic heterocycles. The molecule has 0 saturated carbocycles. The Balaban J connectivity index is 0.00000169. The molecule has 0 saturated heterocycles. The Bertz CT molecular complexity index is 921. The van der Waals surface area contributed by atoms with Crippen LogP contribution in [0, 0.1) is 0 Å². The lowest BCUT2D eigenvalue weighted by Gasteiger charge is -2.07. The summed E-state index contributed by atoms with van der Waals surface area (Å²) in [6.45, 7) is 1.69. The number of nitrogens with zero attached hydrogens (tertiary/aromatic N) is 1. The first-order valence-electron chi connectivity index (χ1n) is 7.41. The molecule has 1 aliphatic rings. The lowest BCUT2D eigenvalue weighted by atomic mass is 10.0. The number of fused-ring (bicyclic) bond motifs is 1. The first kappa shape index (κ1) is 16.9. The molecule has 124 valence electrons. The van der Waals surface area contributed by atoms with Gasteiger partial charge in [0.2, 0.25) is 0 Å². The average molecular weight is 408 g/mol. The normalized spacial score (nSPS) is 13.3. The van der Waals surface area contributed by atoms with Crippen LogP contribution in [0.4, 0.5) is 0 Å². The van der Waals surface area contributed by atoms with Crippen LogP contribution in [0.25, 0.3) is 22.3 Å². The molecule has 0 aliphatic carbocycles. The van der Waals surface area contributed by atoms with Gasteiger partial charge < -0.3 is 14.5 Å². The zero-order valence-corrected chi connectivity index (χ0v) is 15.4. The van der Waals surface area contributed by atoms with E-state index in [-0.39, 0.29) is 12.4 Å². The van der Waals surface area contributed by atoms with Gasteiger partial charge in [0.15, 0.2) is 11.3 Å². The van der Waals surface area contributed by atoms with Gasteiger partial charge in [0, 0.05) is 27.5 Å². The van der Waals surface area contributed by atoms with E-state index in [0.29, 0.717) is 0 Å². The highest BCUT2D eigenvalue weighted by molar-refractivity contribution is 9.10. The standard InChI is InChI=1S/C18H15BrN2O2.ClH/c1-22-16-10-12(19)8-11-9-15(23-17(11)16)13-4-2-3-5-14(13)18-20-6-7-21-18;/h2-5,8-10H,6-7H2,1H3,(H,20,21);1H. The van der Waals surface area contributed by atoms with Crippen LogP contribution in [0.3, 0.4) is 0 Å². The summed E-state index contributed by atoms with van der Waals surface area (Å²) in [7, 11) is 1.65. The van der Waals surface area contributed by atoms with Crippen LogP contribution in [0.5, 0.6) is 5.75 Å². The van der Waals surface area contributed by atoms with Crippen LogP contribution < -0.4 is 10.1 Å². The molecule has 0 amide bonds. The number of amidine groups is 1. The fraction of sp³-hybridized carbons (Fsp3) is 0.167. The predicted octanol–water partition coefficient (Wildman–Crippen LogP) is 4.64. The third kappa shape index (κ3) is 2.89. The van der Waals surface area contributed by atoms with Gasteiger partial charge in [-0.3, -0.25) is 4.99 Å². The second kappa shape index (κ2) is 6.87. The van der Waals surface area contributed by atoms with Crippen molar-refractivity contribution in [1.29, 1.82) is 0 Å². The van der Waals surface area contributed by atoms with E-state index in [2.05, 4.69) is 38.4 Å². The van der Waals surface area contributed by atoms with E-state index in [0.717, 1.165) is 57.0 Å². The van der Waals surface area contributed by atoms with Gasteiger partial charge in [-0.05, 0) is 18.2 Å². The molecular formula is C18H16BrClN2O2. The van der Waals surface area contributed by atoms with Crippen molar-refractivity contribution >= 4 is 45.1 Å². The van der Waals surface area contributed by atoms with Crippen LogP contribution in [0.2, 0.25) is 0 Å². The fourth-order valence-electron chi connectivity index (χ4n) is 2.85. The molecule has 2 heterocycles. The summed E-state index contributed by atoms with van der Waals surface area (Å²) in [5.74, 6) is 2.45. The van der Waals surface area contributed by atoms with Crippen LogP contribution >= 0.6 is 28.3 Å². The van der Waals surface area contributed by atoms with Gasteiger partial charge in [-0.15, -0.1) is 12.4 Å². The van der Waals surface area contributed by atoms with Crippen LogP contribution in [-0.2, 0) is 0 Å². The summed E-state index contributed by atoms with van der Waals surface area (Å²) in [6.07, 6.45) is 0. The molecule has 1 aliphatic heterocycles. The minimum absolute atomic E-state index is 0. The lowest BCUT2D eigenvalue weighted by molar-refractivity contribution is 0.410. The third-order valence-electron chi connectivity index (χ3n) is 3.89. The molecule has 2 aromatic carbocycles. The maximum absolute atomic E-state index is 6.10. The fourth-order valence-corrected chi connectivity index (χ4v) is 3.31. The molecule has 0 radical (unpaired) electrons. The summed E-state index contributed by atoms with van der Waals surface area (Å²) in [6, 6.07) is 14.1. The molecule has 0 fully saturated rings. The van der Waals surface area contributed by atoms with E-state index in [1.54, 1.807) is 7.11 Å². The molecule has 3 aromatic rings. The second-order valence-corrected chi connectivity index (χ2v) is 6.26. The highest BCUT2D eigenvalue weighted by atomic mass is 79.9. The van der Waals surface area contributed by atoms with E-state index in [1.165, 1.54) is 0 Å². The minimum atomic E-state index is 0. The summed E-state index contributed by atoms with van der Waals surface area (Å²) in [5, 5.41) is 4.33. The van der Waals surface area contributed by atoms with E-state index in [1.807, 2.05) is 30.3 Å². The Kier molecular flexibility index (Phi) is 4.83. The average Bonchev–Trinajstić information content (AvgIpc) is 3.23. The number of nitrogens with one attached hydrogen (secondary N) is 1. The number of benzene rings is 2. The lowest BCUT2D eigenvalue weighted by Crippen LogP contribution is -2.20. The third-order valence-corrected chi connectivity index (χ3v) is 4.35. The van der Waals surface area contributed by atoms with Gasteiger partial charge in [0.25, 0.3) is 0 Å². The smallest absolute Gasteiger partial charge is 0.176 e. The zero-order chi connectivity index (χ0) is 15.8. The summed E-state index contributed by atoms with van der Waals surface area (Å²) in [4.78, 5) is 4.53. The molecule has 0 bridgehead atoms. The molecule has 0 unspecified atom stereocenters. The van der Waals surface area contributed by atoms with E-state index >= 15 is 0 Å². The summed E-state index contributed by atoms with van der Waals surface area (Å²) >= 11 is 3.51. The Labute approximate surface area is 154 Å². The largest absolute Gasteiger partial charge is 0.493 e. The van der Waals surface area contributed by atoms with Crippen molar-refractivity contribution in [1.82, 2.24) is 5.32 Å². The van der Waals surface area contributed by atoms with E-state index < -0.39 is 0 Å². The Morgan fingerprint density at radius 2 is 1.96 bits per heavy atom. The van der Waals surface area contributed by atoms with Crippen molar-refractivity contribution in [2.75, 3.05) is 20.2 Å². The first-order chi connectivity index (χ1) is 11.3. The van der Waals surface area contributed by atoms with Crippen molar-refractivity contribution in [3.63, 3.8) is 0 Å². The number of halogens is 2. The highest BCUT2D eigenvalue weighted by Gasteiger charge is 2.17. The monoisotopic (exact) mass is 406 g/mol. The van der Waals surface area contributed by atoms with Gasteiger partial charge in [0.05, 0.1) is 13.7 Å². The van der Waals surface area contributed by atoms with E-state index in [4.69, 9.17) is 9.15 Å². The quantitative estimate of drug-likeness (QED) is 0.688. The van der Waals surface area contributed by atoms with Crippen LogP contribution in [0.1, 0.15) is 5.56 Å². The van der Waals surface area contributed by atoms with Gasteiger partial charge in [-0.2, -0.15) is 0 Å². The Morgan fingerprint density at radius 3 is 2.67 bits per heavy atom. The van der Waals surface area contributed by atoms with Crippen molar-refractivity contribution < 1.29 is 9.15 Å². The molecule has 1 N–H and O–H groups in total. The zero-order valence-electron chi connectivity index (χ0n) is 13.0. The minimum Gasteiger partial charge on any atom is -0.493 e. The molecule has 24 heavy (non-hydrogen) atoms. The van der Waals surface area contributed by atoms with Gasteiger partial charge >= 0.3 is 0 Å². The van der Waals surface area contributed by atoms with Crippen molar-refractivity contribution in [2.45, 2.75) is 0 Å². The molecular weight excluding hydrogens is 392 g/mol. The molecule has 4 nitrogen and oxygen atoms in total. The maximum atomic E-state index is 6.10. The second-order valence-electron chi connectivity index (χ2n) is 5.34. The maximum Gasteiger partial charge on any atom is 0.176 e. The van der Waals surface area contributed by atoms with Crippen LogP contribution in [0.15, 0.2) is 56.3 Å². The predicted molar refractivity (Wildman–Crippen MR) is 103 cm³/mol. The highest BCUT2D eigenvalue weighted by Crippen LogP contribution is 2.37. The number of hydrogen-bond donors (Lipinski definition) is 1. The Hall–Kier alpha value is -1.98. The SMILES string of the molecule is COc1cc(Br)cc2cc(-c3ccccc3C3=NCCN3)oc12.Cl. The number of hydrogen-bond acceptors (Lipinski definition) is 4. The van der Waals surface area contributed by atoms with Gasteiger partial charge in [-0.1, -0.05) is 40.2 Å². The van der Waals surface area contributed by atoms with Crippen molar-refractivity contribution in [3.05, 3.63) is 52.5 Å². The van der Waals surface area contributed by atoms with Gasteiger partial charge in [-0.25, -0.2) is 0 Å². The number of methoxy groups -OCH3 is 1. The topological polar surface area (TPSA) is 46.8 Å². The van der Waals surface area contributed by atoms with Crippen LogP contribution in [-0.4, -0.2) is 26.0 Å². The van der Waals surface area contributed by atoms with Crippen molar-refractivity contribution in [3.8, 4) is 17.1 Å². The molecule has 0 atom stereocenters. The van der Waals surface area contributed by atoms with Gasteiger partial charge in [0.1, 0.15) is 11.6 Å². The van der Waals surface area contributed by atoms with E-state index in [9.17, 15) is 0 Å². The molecule has 6 heteroatoms. The number of ether oxygens (including phenoxy) is 1. The summed E-state index contributed by atoms with van der Waals surface area (Å²) < 4.78 is 12.5. The number of aliphatic imine (C=N–C) groups is 1. The molecule has 4 rings (SSSR count). The van der Waals surface area contributed by atoms with Crippen molar-refractivity contribution in [2.24, 2.45) is 4.99 Å².